The van der Waals surface area contributed by atoms with Crippen LogP contribution < -0.4 is 10.6 Å². The molecule has 0 aliphatic carbocycles. The molecule has 144 valence electrons. The molecule has 1 aromatic heterocycles. The number of carbonyl (C=O) groups excluding carboxylic acids is 2. The fraction of sp³-hybridized carbons (Fsp3) is 0.474. The molecule has 2 heterocycles. The number of likely N-dealkylation sites (tertiary alicyclic amines) is 1. The monoisotopic (exact) mass is 387 g/mol. The molecule has 0 unspecified atom stereocenters. The Bertz CT molecular complexity index is 769. The normalized spacial score (nSPS) is 14.7. The van der Waals surface area contributed by atoms with E-state index in [2.05, 4.69) is 25.7 Å². The van der Waals surface area contributed by atoms with Crippen molar-refractivity contribution >= 4 is 28.8 Å². The van der Waals surface area contributed by atoms with Crippen LogP contribution in [0.4, 0.5) is 5.69 Å². The Balaban J connectivity index is 1.42. The zero-order chi connectivity index (χ0) is 19.1. The summed E-state index contributed by atoms with van der Waals surface area (Å²) >= 11 is 1.24. The van der Waals surface area contributed by atoms with Gasteiger partial charge >= 0.3 is 0 Å². The molecule has 1 saturated heterocycles. The molecule has 27 heavy (non-hydrogen) atoms. The van der Waals surface area contributed by atoms with Gasteiger partial charge in [-0.15, -0.1) is 10.2 Å². The topological polar surface area (TPSA) is 87.2 Å². The summed E-state index contributed by atoms with van der Waals surface area (Å²) in [6.45, 7) is 5.87. The van der Waals surface area contributed by atoms with E-state index in [1.807, 2.05) is 0 Å². The summed E-state index contributed by atoms with van der Waals surface area (Å²) in [5, 5.41) is 14.4. The highest BCUT2D eigenvalue weighted by Crippen LogP contribution is 2.14. The zero-order valence-electron chi connectivity index (χ0n) is 15.5. The van der Waals surface area contributed by atoms with Crippen molar-refractivity contribution in [1.29, 1.82) is 0 Å². The molecule has 2 amide bonds. The van der Waals surface area contributed by atoms with Crippen LogP contribution in [0.2, 0.25) is 0 Å². The van der Waals surface area contributed by atoms with Gasteiger partial charge in [0.25, 0.3) is 11.8 Å². The van der Waals surface area contributed by atoms with E-state index < -0.39 is 0 Å². The van der Waals surface area contributed by atoms with Gasteiger partial charge in [0.15, 0.2) is 0 Å². The number of carbonyl (C=O) groups is 2. The Kier molecular flexibility index (Phi) is 6.89. The van der Waals surface area contributed by atoms with Crippen molar-refractivity contribution in [3.63, 3.8) is 0 Å². The molecule has 1 aromatic carbocycles. The largest absolute Gasteiger partial charge is 0.352 e. The van der Waals surface area contributed by atoms with Gasteiger partial charge in [-0.25, -0.2) is 0 Å². The van der Waals surface area contributed by atoms with Crippen LogP contribution in [-0.2, 0) is 0 Å². The number of rotatable bonds is 7. The second kappa shape index (κ2) is 9.57. The fourth-order valence-corrected chi connectivity index (χ4v) is 3.65. The lowest BCUT2D eigenvalue weighted by atomic mass is 10.1. The SMILES string of the molecule is Cc1nnc(C(=O)Nc2ccc(C(=O)NCCCN3CCCCC3)cc2)s1. The minimum Gasteiger partial charge on any atom is -0.352 e. The van der Waals surface area contributed by atoms with Gasteiger partial charge in [-0.1, -0.05) is 17.8 Å². The van der Waals surface area contributed by atoms with E-state index in [4.69, 9.17) is 0 Å². The first-order chi connectivity index (χ1) is 13.1. The first-order valence-corrected chi connectivity index (χ1v) is 10.2. The summed E-state index contributed by atoms with van der Waals surface area (Å²) in [6, 6.07) is 6.85. The average molecular weight is 388 g/mol. The van der Waals surface area contributed by atoms with Gasteiger partial charge in [-0.2, -0.15) is 0 Å². The summed E-state index contributed by atoms with van der Waals surface area (Å²) in [5.74, 6) is -0.387. The van der Waals surface area contributed by atoms with Crippen molar-refractivity contribution in [2.45, 2.75) is 32.6 Å². The maximum atomic E-state index is 12.2. The van der Waals surface area contributed by atoms with Crippen molar-refractivity contribution in [1.82, 2.24) is 20.4 Å². The predicted molar refractivity (Wildman–Crippen MR) is 106 cm³/mol. The van der Waals surface area contributed by atoms with Crippen LogP contribution in [0.1, 0.15) is 50.9 Å². The second-order valence-corrected chi connectivity index (χ2v) is 7.85. The van der Waals surface area contributed by atoms with Crippen LogP contribution in [0.3, 0.4) is 0 Å². The van der Waals surface area contributed by atoms with Crippen molar-refractivity contribution < 1.29 is 9.59 Å². The molecule has 7 nitrogen and oxygen atoms in total. The van der Waals surface area contributed by atoms with Gasteiger partial charge in [0.2, 0.25) is 5.01 Å². The van der Waals surface area contributed by atoms with Crippen LogP contribution in [0.25, 0.3) is 0 Å². The number of benzene rings is 1. The highest BCUT2D eigenvalue weighted by Gasteiger charge is 2.12. The van der Waals surface area contributed by atoms with Crippen LogP contribution in [0, 0.1) is 6.92 Å². The number of piperidine rings is 1. The highest BCUT2D eigenvalue weighted by atomic mass is 32.1. The van der Waals surface area contributed by atoms with Gasteiger partial charge in [0, 0.05) is 17.8 Å². The molecule has 3 rings (SSSR count). The predicted octanol–water partition coefficient (Wildman–Crippen LogP) is 2.70. The fourth-order valence-electron chi connectivity index (χ4n) is 3.07. The molecule has 0 spiro atoms. The van der Waals surface area contributed by atoms with Crippen molar-refractivity contribution in [2.24, 2.45) is 0 Å². The van der Waals surface area contributed by atoms with E-state index in [1.54, 1.807) is 31.2 Å². The molecule has 0 atom stereocenters. The van der Waals surface area contributed by atoms with Crippen LogP contribution in [0.5, 0.6) is 0 Å². The second-order valence-electron chi connectivity index (χ2n) is 6.67. The maximum Gasteiger partial charge on any atom is 0.286 e. The Morgan fingerprint density at radius 3 is 2.48 bits per heavy atom. The van der Waals surface area contributed by atoms with Crippen LogP contribution >= 0.6 is 11.3 Å². The standard InChI is InChI=1S/C19H25N5O2S/c1-14-22-23-19(27-14)18(26)21-16-8-6-15(7-9-16)17(25)20-10-5-13-24-11-3-2-4-12-24/h6-9H,2-5,10-13H2,1H3,(H,20,25)(H,21,26). The lowest BCUT2D eigenvalue weighted by Crippen LogP contribution is -2.33. The molecule has 1 aliphatic rings. The molecular weight excluding hydrogens is 362 g/mol. The smallest absolute Gasteiger partial charge is 0.286 e. The number of aryl methyl sites for hydroxylation is 1. The average Bonchev–Trinajstić information content (AvgIpc) is 3.13. The highest BCUT2D eigenvalue weighted by molar-refractivity contribution is 7.13. The molecule has 0 saturated carbocycles. The molecule has 1 fully saturated rings. The number of anilines is 1. The van der Waals surface area contributed by atoms with Gasteiger partial charge in [0.05, 0.1) is 0 Å². The van der Waals surface area contributed by atoms with Crippen LogP contribution in [0.15, 0.2) is 24.3 Å². The van der Waals surface area contributed by atoms with E-state index in [0.717, 1.165) is 18.0 Å². The molecule has 1 aliphatic heterocycles. The summed E-state index contributed by atoms with van der Waals surface area (Å²) in [7, 11) is 0. The summed E-state index contributed by atoms with van der Waals surface area (Å²) in [5.41, 5.74) is 1.20. The van der Waals surface area contributed by atoms with E-state index >= 15 is 0 Å². The Hall–Kier alpha value is -2.32. The Labute approximate surface area is 163 Å². The van der Waals surface area contributed by atoms with Crippen molar-refractivity contribution in [3.05, 3.63) is 39.8 Å². The number of hydrogen-bond acceptors (Lipinski definition) is 6. The third-order valence-corrected chi connectivity index (χ3v) is 5.35. The lowest BCUT2D eigenvalue weighted by molar-refractivity contribution is 0.0950. The summed E-state index contributed by atoms with van der Waals surface area (Å²) in [4.78, 5) is 26.8. The Morgan fingerprint density at radius 1 is 1.07 bits per heavy atom. The molecule has 2 aromatic rings. The summed E-state index contributed by atoms with van der Waals surface area (Å²) < 4.78 is 0. The van der Waals surface area contributed by atoms with Crippen molar-refractivity contribution in [2.75, 3.05) is 31.5 Å². The first-order valence-electron chi connectivity index (χ1n) is 9.34. The lowest BCUT2D eigenvalue weighted by Gasteiger charge is -2.26. The molecule has 0 bridgehead atoms. The molecule has 0 radical (unpaired) electrons. The van der Waals surface area contributed by atoms with E-state index in [0.29, 0.717) is 22.8 Å². The third-order valence-electron chi connectivity index (χ3n) is 4.51. The van der Waals surface area contributed by atoms with E-state index in [9.17, 15) is 9.59 Å². The van der Waals surface area contributed by atoms with Gasteiger partial charge < -0.3 is 15.5 Å². The number of nitrogens with zero attached hydrogens (tertiary/aromatic N) is 3. The van der Waals surface area contributed by atoms with E-state index in [-0.39, 0.29) is 11.8 Å². The van der Waals surface area contributed by atoms with E-state index in [1.165, 1.54) is 43.7 Å². The third kappa shape index (κ3) is 5.83. The minimum atomic E-state index is -0.296. The quantitative estimate of drug-likeness (QED) is 0.713. The molecular formula is C19H25N5O2S. The minimum absolute atomic E-state index is 0.0914. The number of aromatic nitrogens is 2. The zero-order valence-corrected chi connectivity index (χ0v) is 16.3. The Morgan fingerprint density at radius 2 is 1.81 bits per heavy atom. The van der Waals surface area contributed by atoms with Gasteiger partial charge in [-0.05, 0) is 70.1 Å². The summed E-state index contributed by atoms with van der Waals surface area (Å²) in [6.07, 6.45) is 4.87. The van der Waals surface area contributed by atoms with Crippen LogP contribution in [-0.4, -0.2) is 53.1 Å². The molecule has 8 heteroatoms. The number of nitrogens with one attached hydrogen (secondary N) is 2. The van der Waals surface area contributed by atoms with Crippen molar-refractivity contribution in [3.8, 4) is 0 Å². The number of amides is 2. The molecule has 2 N–H and O–H groups in total. The van der Waals surface area contributed by atoms with Gasteiger partial charge in [-0.3, -0.25) is 9.59 Å². The maximum absolute atomic E-state index is 12.2. The first kappa shape index (κ1) is 19.4. The number of hydrogen-bond donors (Lipinski definition) is 2. The van der Waals surface area contributed by atoms with Gasteiger partial charge in [0.1, 0.15) is 5.01 Å².